The van der Waals surface area contributed by atoms with Gasteiger partial charge in [-0.1, -0.05) is 17.4 Å². The molecule has 0 aliphatic heterocycles. The molecule has 0 aromatic carbocycles. The Morgan fingerprint density at radius 2 is 2.23 bits per heavy atom. The van der Waals surface area contributed by atoms with Gasteiger partial charge in [0.2, 0.25) is 0 Å². The lowest BCUT2D eigenvalue weighted by Gasteiger charge is -1.90. The van der Waals surface area contributed by atoms with Crippen LogP contribution in [0.3, 0.4) is 0 Å². The molecule has 0 aliphatic carbocycles. The second-order valence-electron chi connectivity index (χ2n) is 2.37. The Hall–Kier alpha value is -1.33. The zero-order valence-electron chi connectivity index (χ0n) is 6.71. The smallest absolute Gasteiger partial charge is 0.166 e. The van der Waals surface area contributed by atoms with Crippen LogP contribution in [0.1, 0.15) is 5.01 Å². The predicted molar refractivity (Wildman–Crippen MR) is 49.1 cm³/mol. The Balaban J connectivity index is 2.36. The molecule has 4 nitrogen and oxygen atoms in total. The summed E-state index contributed by atoms with van der Waals surface area (Å²) in [5, 5.41) is 17.8. The minimum atomic E-state index is -0.0650. The summed E-state index contributed by atoms with van der Waals surface area (Å²) < 4.78 is 0. The van der Waals surface area contributed by atoms with Gasteiger partial charge in [-0.15, -0.1) is 10.2 Å². The topological polar surface area (TPSA) is 58.9 Å². The Bertz CT molecular complexity index is 387. The average molecular weight is 193 g/mol. The molecule has 1 N–H and O–H groups in total. The summed E-state index contributed by atoms with van der Waals surface area (Å²) in [4.78, 5) is 4.12. The van der Waals surface area contributed by atoms with E-state index in [4.69, 9.17) is 5.11 Å². The molecule has 0 saturated heterocycles. The van der Waals surface area contributed by atoms with Crippen LogP contribution in [0.15, 0.2) is 24.4 Å². The molecule has 0 spiro atoms. The largest absolute Gasteiger partial charge is 0.389 e. The maximum Gasteiger partial charge on any atom is 0.166 e. The van der Waals surface area contributed by atoms with Crippen LogP contribution in [0.5, 0.6) is 0 Å². The first-order valence-electron chi connectivity index (χ1n) is 3.75. The minimum Gasteiger partial charge on any atom is -0.389 e. The van der Waals surface area contributed by atoms with Crippen LogP contribution >= 0.6 is 11.3 Å². The molecule has 0 unspecified atom stereocenters. The maximum absolute atomic E-state index is 8.79. The van der Waals surface area contributed by atoms with Crippen molar-refractivity contribution in [3.8, 4) is 10.7 Å². The van der Waals surface area contributed by atoms with Crippen molar-refractivity contribution in [2.24, 2.45) is 0 Å². The van der Waals surface area contributed by atoms with E-state index in [1.54, 1.807) is 6.20 Å². The van der Waals surface area contributed by atoms with Gasteiger partial charge in [0.15, 0.2) is 5.01 Å². The average Bonchev–Trinajstić information content (AvgIpc) is 2.67. The first-order valence-corrected chi connectivity index (χ1v) is 4.56. The van der Waals surface area contributed by atoms with Gasteiger partial charge in [-0.2, -0.15) is 0 Å². The van der Waals surface area contributed by atoms with E-state index in [9.17, 15) is 0 Å². The second kappa shape index (κ2) is 3.59. The Kier molecular flexibility index (Phi) is 2.29. The normalized spacial score (nSPS) is 10.2. The van der Waals surface area contributed by atoms with Crippen molar-refractivity contribution < 1.29 is 5.11 Å². The van der Waals surface area contributed by atoms with Crippen molar-refractivity contribution in [2.45, 2.75) is 6.61 Å². The summed E-state index contributed by atoms with van der Waals surface area (Å²) in [6.07, 6.45) is 1.70. The number of hydrogen-bond donors (Lipinski definition) is 1. The third kappa shape index (κ3) is 1.71. The highest BCUT2D eigenvalue weighted by Gasteiger charge is 2.05. The lowest BCUT2D eigenvalue weighted by Crippen LogP contribution is -1.80. The summed E-state index contributed by atoms with van der Waals surface area (Å²) >= 11 is 1.35. The summed E-state index contributed by atoms with van der Waals surface area (Å²) in [6, 6.07) is 5.60. The van der Waals surface area contributed by atoms with Gasteiger partial charge in [-0.25, -0.2) is 0 Å². The Labute approximate surface area is 78.9 Å². The number of hydrogen-bond acceptors (Lipinski definition) is 5. The van der Waals surface area contributed by atoms with Crippen molar-refractivity contribution in [2.75, 3.05) is 0 Å². The van der Waals surface area contributed by atoms with Crippen molar-refractivity contribution in [1.29, 1.82) is 0 Å². The summed E-state index contributed by atoms with van der Waals surface area (Å²) in [7, 11) is 0. The van der Waals surface area contributed by atoms with Gasteiger partial charge in [-0.05, 0) is 12.1 Å². The molecule has 5 heteroatoms. The van der Waals surface area contributed by atoms with E-state index >= 15 is 0 Å². The van der Waals surface area contributed by atoms with Gasteiger partial charge >= 0.3 is 0 Å². The molecule has 2 heterocycles. The fourth-order valence-electron chi connectivity index (χ4n) is 0.910. The van der Waals surface area contributed by atoms with E-state index in [0.717, 1.165) is 10.7 Å². The monoisotopic (exact) mass is 193 g/mol. The molecule has 0 bridgehead atoms. The molecule has 0 amide bonds. The molecule has 0 aliphatic rings. The van der Waals surface area contributed by atoms with E-state index in [2.05, 4.69) is 15.2 Å². The van der Waals surface area contributed by atoms with Crippen LogP contribution in [0.2, 0.25) is 0 Å². The molecule has 2 rings (SSSR count). The number of pyridine rings is 1. The van der Waals surface area contributed by atoms with Crippen LogP contribution < -0.4 is 0 Å². The predicted octanol–water partition coefficient (Wildman–Crippen LogP) is 1.09. The standard InChI is InChI=1S/C8H7N3OS/c12-5-7-10-11-8(13-7)6-3-1-2-4-9-6/h1-4,12H,5H2. The highest BCUT2D eigenvalue weighted by atomic mass is 32.1. The van der Waals surface area contributed by atoms with Gasteiger partial charge in [0.1, 0.15) is 10.7 Å². The molecule has 0 atom stereocenters. The fourth-order valence-corrected chi connectivity index (χ4v) is 1.59. The van der Waals surface area contributed by atoms with Gasteiger partial charge in [0.25, 0.3) is 0 Å². The van der Waals surface area contributed by atoms with Crippen molar-refractivity contribution in [3.05, 3.63) is 29.4 Å². The Morgan fingerprint density at radius 3 is 2.85 bits per heavy atom. The molecule has 2 aromatic heterocycles. The van der Waals surface area contributed by atoms with Gasteiger partial charge in [-0.3, -0.25) is 4.98 Å². The summed E-state index contributed by atoms with van der Waals surface area (Å²) in [5.74, 6) is 0. The molecular formula is C8H7N3OS. The SMILES string of the molecule is OCc1nnc(-c2ccccn2)s1. The lowest BCUT2D eigenvalue weighted by molar-refractivity contribution is 0.280. The molecule has 0 fully saturated rings. The van der Waals surface area contributed by atoms with Crippen molar-refractivity contribution in [1.82, 2.24) is 15.2 Å². The quantitative estimate of drug-likeness (QED) is 0.775. The number of aliphatic hydroxyl groups excluding tert-OH is 1. The first kappa shape index (κ1) is 8.28. The van der Waals surface area contributed by atoms with Gasteiger partial charge < -0.3 is 5.11 Å². The van der Waals surface area contributed by atoms with Crippen LogP contribution in [-0.4, -0.2) is 20.3 Å². The summed E-state index contributed by atoms with van der Waals surface area (Å²) in [5.41, 5.74) is 0.791. The van der Waals surface area contributed by atoms with Gasteiger partial charge in [0, 0.05) is 6.20 Å². The van der Waals surface area contributed by atoms with E-state index in [1.807, 2.05) is 18.2 Å². The zero-order valence-corrected chi connectivity index (χ0v) is 7.53. The maximum atomic E-state index is 8.79. The lowest BCUT2D eigenvalue weighted by atomic mass is 10.4. The van der Waals surface area contributed by atoms with Crippen molar-refractivity contribution >= 4 is 11.3 Å². The number of aliphatic hydroxyl groups is 1. The van der Waals surface area contributed by atoms with Crippen LogP contribution in [0.25, 0.3) is 10.7 Å². The third-order valence-corrected chi connectivity index (χ3v) is 2.42. The zero-order chi connectivity index (χ0) is 9.10. The molecule has 2 aromatic rings. The van der Waals surface area contributed by atoms with Crippen LogP contribution in [-0.2, 0) is 6.61 Å². The number of rotatable bonds is 2. The van der Waals surface area contributed by atoms with Gasteiger partial charge in [0.05, 0.1) is 6.61 Å². The Morgan fingerprint density at radius 1 is 1.31 bits per heavy atom. The first-order chi connectivity index (χ1) is 6.40. The second-order valence-corrected chi connectivity index (χ2v) is 3.44. The molecule has 0 saturated carbocycles. The fraction of sp³-hybridized carbons (Fsp3) is 0.125. The number of aromatic nitrogens is 3. The molecular weight excluding hydrogens is 186 g/mol. The van der Waals surface area contributed by atoms with Crippen molar-refractivity contribution in [3.63, 3.8) is 0 Å². The summed E-state index contributed by atoms with van der Waals surface area (Å²) in [6.45, 7) is -0.0650. The van der Waals surface area contributed by atoms with E-state index in [0.29, 0.717) is 5.01 Å². The molecule has 0 radical (unpaired) electrons. The highest BCUT2D eigenvalue weighted by Crippen LogP contribution is 2.20. The van der Waals surface area contributed by atoms with Crippen LogP contribution in [0, 0.1) is 0 Å². The van der Waals surface area contributed by atoms with Crippen LogP contribution in [0.4, 0.5) is 0 Å². The molecule has 13 heavy (non-hydrogen) atoms. The van der Waals surface area contributed by atoms with E-state index < -0.39 is 0 Å². The van der Waals surface area contributed by atoms with E-state index in [-0.39, 0.29) is 6.61 Å². The third-order valence-electron chi connectivity index (χ3n) is 1.49. The number of nitrogens with zero attached hydrogens (tertiary/aromatic N) is 3. The minimum absolute atomic E-state index is 0.0650. The highest BCUT2D eigenvalue weighted by molar-refractivity contribution is 7.14. The van der Waals surface area contributed by atoms with E-state index in [1.165, 1.54) is 11.3 Å². The molecule has 66 valence electrons.